The van der Waals surface area contributed by atoms with E-state index in [0.717, 1.165) is 16.9 Å². The van der Waals surface area contributed by atoms with Crippen LogP contribution in [0, 0.1) is 0 Å². The Labute approximate surface area is 192 Å². The third-order valence-electron chi connectivity index (χ3n) is 5.17. The van der Waals surface area contributed by atoms with Gasteiger partial charge in [0.25, 0.3) is 5.91 Å². The summed E-state index contributed by atoms with van der Waals surface area (Å²) in [5.41, 5.74) is 2.03. The highest BCUT2D eigenvalue weighted by Gasteiger charge is 2.22. The molecule has 0 aliphatic rings. The van der Waals surface area contributed by atoms with Gasteiger partial charge in [0.1, 0.15) is 11.5 Å². The molecular weight excluding hydrogens is 414 g/mol. The molecule has 0 radical (unpaired) electrons. The molecule has 5 heteroatoms. The number of carbonyl (C=O) groups excluding carboxylic acids is 1. The first-order valence-corrected chi connectivity index (χ1v) is 10.6. The van der Waals surface area contributed by atoms with Crippen molar-refractivity contribution in [2.45, 2.75) is 13.1 Å². The molecule has 0 atom stereocenters. The van der Waals surface area contributed by atoms with Crippen LogP contribution in [0.5, 0.6) is 11.5 Å². The first kappa shape index (κ1) is 21.8. The minimum atomic E-state index is -1.12. The molecule has 0 heterocycles. The molecule has 4 aromatic carbocycles. The van der Waals surface area contributed by atoms with Crippen LogP contribution in [0.2, 0.25) is 0 Å². The van der Waals surface area contributed by atoms with Crippen molar-refractivity contribution in [3.05, 3.63) is 131 Å². The van der Waals surface area contributed by atoms with Crippen LogP contribution in [0.1, 0.15) is 31.8 Å². The predicted octanol–water partition coefficient (Wildman–Crippen LogP) is 6.02. The van der Waals surface area contributed by atoms with Gasteiger partial charge < -0.3 is 14.7 Å². The van der Waals surface area contributed by atoms with Gasteiger partial charge in [0, 0.05) is 13.1 Å². The number of ether oxygens (including phenoxy) is 1. The van der Waals surface area contributed by atoms with Gasteiger partial charge in [-0.3, -0.25) is 4.79 Å². The van der Waals surface area contributed by atoms with E-state index in [-0.39, 0.29) is 17.0 Å². The summed E-state index contributed by atoms with van der Waals surface area (Å²) < 4.78 is 5.85. The highest BCUT2D eigenvalue weighted by Crippen LogP contribution is 2.23. The van der Waals surface area contributed by atoms with Gasteiger partial charge in [-0.05, 0) is 47.5 Å². The van der Waals surface area contributed by atoms with Crippen molar-refractivity contribution >= 4 is 11.9 Å². The molecule has 0 saturated heterocycles. The number of amides is 1. The quantitative estimate of drug-likeness (QED) is 0.366. The monoisotopic (exact) mass is 437 g/mol. The smallest absolute Gasteiger partial charge is 0.336 e. The normalized spacial score (nSPS) is 10.4. The van der Waals surface area contributed by atoms with Gasteiger partial charge in [0.15, 0.2) is 0 Å². The third-order valence-corrected chi connectivity index (χ3v) is 5.17. The van der Waals surface area contributed by atoms with Crippen LogP contribution in [0.25, 0.3) is 0 Å². The van der Waals surface area contributed by atoms with E-state index in [1.54, 1.807) is 23.1 Å². The van der Waals surface area contributed by atoms with E-state index in [2.05, 4.69) is 0 Å². The lowest BCUT2D eigenvalue weighted by Gasteiger charge is -2.24. The van der Waals surface area contributed by atoms with Crippen molar-refractivity contribution in [2.24, 2.45) is 0 Å². The number of benzene rings is 4. The van der Waals surface area contributed by atoms with Crippen LogP contribution in [-0.4, -0.2) is 21.9 Å². The number of hydrogen-bond acceptors (Lipinski definition) is 3. The maximum atomic E-state index is 13.4. The zero-order chi connectivity index (χ0) is 23.0. The molecular formula is C28H23NO4. The lowest BCUT2D eigenvalue weighted by Crippen LogP contribution is -2.31. The van der Waals surface area contributed by atoms with E-state index < -0.39 is 5.97 Å². The van der Waals surface area contributed by atoms with Crippen LogP contribution in [-0.2, 0) is 13.1 Å². The maximum Gasteiger partial charge on any atom is 0.336 e. The minimum Gasteiger partial charge on any atom is -0.478 e. The van der Waals surface area contributed by atoms with Gasteiger partial charge in [0.05, 0.1) is 11.1 Å². The number of rotatable bonds is 8. The molecule has 0 saturated carbocycles. The number of para-hydroxylation sites is 1. The summed E-state index contributed by atoms with van der Waals surface area (Å²) in [6.07, 6.45) is 0. The molecule has 0 spiro atoms. The molecule has 0 aliphatic heterocycles. The molecule has 0 aliphatic carbocycles. The molecule has 33 heavy (non-hydrogen) atoms. The van der Waals surface area contributed by atoms with Gasteiger partial charge in [-0.1, -0.05) is 72.8 Å². The van der Waals surface area contributed by atoms with E-state index in [4.69, 9.17) is 4.74 Å². The summed E-state index contributed by atoms with van der Waals surface area (Å²) in [6, 6.07) is 33.0. The van der Waals surface area contributed by atoms with Crippen LogP contribution in [0.4, 0.5) is 0 Å². The van der Waals surface area contributed by atoms with Crippen molar-refractivity contribution < 1.29 is 19.4 Å². The van der Waals surface area contributed by atoms with E-state index >= 15 is 0 Å². The predicted molar refractivity (Wildman–Crippen MR) is 126 cm³/mol. The zero-order valence-corrected chi connectivity index (χ0v) is 17.9. The summed E-state index contributed by atoms with van der Waals surface area (Å²) in [4.78, 5) is 26.8. The summed E-state index contributed by atoms with van der Waals surface area (Å²) in [5, 5.41) is 9.54. The fourth-order valence-electron chi connectivity index (χ4n) is 3.54. The molecule has 0 aromatic heterocycles. The van der Waals surface area contributed by atoms with Crippen LogP contribution < -0.4 is 4.74 Å². The van der Waals surface area contributed by atoms with Crippen LogP contribution >= 0.6 is 0 Å². The highest BCUT2D eigenvalue weighted by atomic mass is 16.5. The first-order chi connectivity index (χ1) is 16.1. The number of nitrogens with zero attached hydrogens (tertiary/aromatic N) is 1. The molecule has 0 unspecified atom stereocenters. The van der Waals surface area contributed by atoms with Gasteiger partial charge in [-0.25, -0.2) is 4.79 Å². The molecule has 1 N–H and O–H groups in total. The van der Waals surface area contributed by atoms with E-state index in [1.165, 1.54) is 6.07 Å². The number of carbonyl (C=O) groups is 2. The first-order valence-electron chi connectivity index (χ1n) is 10.6. The Hall–Kier alpha value is -4.38. The molecule has 0 bridgehead atoms. The highest BCUT2D eigenvalue weighted by molar-refractivity contribution is 6.04. The number of carboxylic acids is 1. The Bertz CT molecular complexity index is 1220. The topological polar surface area (TPSA) is 66.8 Å². The van der Waals surface area contributed by atoms with Gasteiger partial charge in [0.2, 0.25) is 0 Å². The SMILES string of the molecule is O=C(O)c1ccccc1C(=O)N(Cc1ccccc1)Cc1ccc(Oc2ccccc2)cc1. The van der Waals surface area contributed by atoms with Crippen LogP contribution in [0.3, 0.4) is 0 Å². The standard InChI is InChI=1S/C28H23NO4/c30-27(25-13-7-8-14-26(25)28(31)32)29(19-21-9-3-1-4-10-21)20-22-15-17-24(18-16-22)33-23-11-5-2-6-12-23/h1-18H,19-20H2,(H,31,32). The van der Waals surface area contributed by atoms with Crippen molar-refractivity contribution in [2.75, 3.05) is 0 Å². The second-order valence-electron chi connectivity index (χ2n) is 7.56. The Balaban J connectivity index is 1.57. The maximum absolute atomic E-state index is 13.4. The molecule has 0 fully saturated rings. The second-order valence-corrected chi connectivity index (χ2v) is 7.56. The fraction of sp³-hybridized carbons (Fsp3) is 0.0714. The summed E-state index contributed by atoms with van der Waals surface area (Å²) >= 11 is 0. The molecule has 5 nitrogen and oxygen atoms in total. The summed E-state index contributed by atoms with van der Waals surface area (Å²) in [6.45, 7) is 0.684. The lowest BCUT2D eigenvalue weighted by atomic mass is 10.1. The third kappa shape index (κ3) is 5.66. The van der Waals surface area contributed by atoms with E-state index in [1.807, 2.05) is 84.9 Å². The Morgan fingerprint density at radius 1 is 0.606 bits per heavy atom. The average Bonchev–Trinajstić information content (AvgIpc) is 2.85. The molecule has 4 aromatic rings. The second kappa shape index (κ2) is 10.3. The fourth-order valence-corrected chi connectivity index (χ4v) is 3.54. The van der Waals surface area contributed by atoms with Crippen molar-refractivity contribution in [3.8, 4) is 11.5 Å². The molecule has 164 valence electrons. The largest absolute Gasteiger partial charge is 0.478 e. The van der Waals surface area contributed by atoms with Gasteiger partial charge in [-0.2, -0.15) is 0 Å². The zero-order valence-electron chi connectivity index (χ0n) is 17.9. The van der Waals surface area contributed by atoms with Crippen molar-refractivity contribution in [3.63, 3.8) is 0 Å². The van der Waals surface area contributed by atoms with E-state index in [9.17, 15) is 14.7 Å². The average molecular weight is 437 g/mol. The Morgan fingerprint density at radius 2 is 1.09 bits per heavy atom. The Morgan fingerprint density at radius 3 is 1.70 bits per heavy atom. The number of hydrogen-bond donors (Lipinski definition) is 1. The van der Waals surface area contributed by atoms with Crippen LogP contribution in [0.15, 0.2) is 109 Å². The van der Waals surface area contributed by atoms with Crippen molar-refractivity contribution in [1.82, 2.24) is 4.90 Å². The summed E-state index contributed by atoms with van der Waals surface area (Å²) in [7, 11) is 0. The number of carboxylic acid groups (broad SMARTS) is 1. The van der Waals surface area contributed by atoms with E-state index in [0.29, 0.717) is 18.8 Å². The summed E-state index contributed by atoms with van der Waals surface area (Å²) in [5.74, 6) is -0.0130. The molecule has 4 rings (SSSR count). The molecule has 1 amide bonds. The lowest BCUT2D eigenvalue weighted by molar-refractivity contribution is 0.0668. The Kier molecular flexibility index (Phi) is 6.81. The van der Waals surface area contributed by atoms with Gasteiger partial charge in [-0.15, -0.1) is 0 Å². The van der Waals surface area contributed by atoms with Crippen molar-refractivity contribution in [1.29, 1.82) is 0 Å². The minimum absolute atomic E-state index is 0.00725. The number of aromatic carboxylic acids is 1. The van der Waals surface area contributed by atoms with Gasteiger partial charge >= 0.3 is 5.97 Å².